The average molecular weight is 1090 g/mol. The summed E-state index contributed by atoms with van der Waals surface area (Å²) in [5.74, 6) is -0.958. The van der Waals surface area contributed by atoms with E-state index in [9.17, 15) is 14.4 Å². The predicted octanol–water partition coefficient (Wildman–Crippen LogP) is 22.3. The van der Waals surface area contributed by atoms with Crippen molar-refractivity contribution >= 4 is 17.9 Å². The summed E-state index contributed by atoms with van der Waals surface area (Å²) in [6, 6.07) is 0. The first kappa shape index (κ1) is 74.3. The van der Waals surface area contributed by atoms with Gasteiger partial charge in [-0.3, -0.25) is 14.4 Å². The van der Waals surface area contributed by atoms with Crippen LogP contribution in [0.2, 0.25) is 0 Å². The zero-order valence-electron chi connectivity index (χ0n) is 51.1. The van der Waals surface area contributed by atoms with E-state index in [2.05, 4.69) is 167 Å². The molecule has 0 bridgehead atoms. The van der Waals surface area contributed by atoms with Crippen molar-refractivity contribution in [2.75, 3.05) is 13.2 Å². The fourth-order valence-electron chi connectivity index (χ4n) is 8.51. The van der Waals surface area contributed by atoms with Crippen LogP contribution in [0.15, 0.2) is 146 Å². The highest BCUT2D eigenvalue weighted by Gasteiger charge is 2.19. The summed E-state index contributed by atoms with van der Waals surface area (Å²) in [7, 11) is 0. The summed E-state index contributed by atoms with van der Waals surface area (Å²) in [5.41, 5.74) is 0. The largest absolute Gasteiger partial charge is 0.462 e. The molecule has 0 rings (SSSR count). The van der Waals surface area contributed by atoms with Gasteiger partial charge in [-0.1, -0.05) is 269 Å². The van der Waals surface area contributed by atoms with Crippen molar-refractivity contribution in [1.29, 1.82) is 0 Å². The van der Waals surface area contributed by atoms with E-state index >= 15 is 0 Å². The molecule has 0 heterocycles. The molecule has 0 aromatic carbocycles. The Morgan fingerprint density at radius 1 is 0.266 bits per heavy atom. The zero-order valence-corrected chi connectivity index (χ0v) is 51.1. The van der Waals surface area contributed by atoms with Crippen LogP contribution < -0.4 is 0 Å². The van der Waals surface area contributed by atoms with E-state index in [4.69, 9.17) is 14.2 Å². The molecule has 79 heavy (non-hydrogen) atoms. The number of esters is 3. The van der Waals surface area contributed by atoms with E-state index in [1.165, 1.54) is 96.3 Å². The Morgan fingerprint density at radius 2 is 0.494 bits per heavy atom. The highest BCUT2D eigenvalue weighted by molar-refractivity contribution is 5.71. The molecule has 0 aliphatic rings. The third-order valence-corrected chi connectivity index (χ3v) is 13.3. The summed E-state index contributed by atoms with van der Waals surface area (Å²) < 4.78 is 16.9. The number of rotatable bonds is 57. The maximum Gasteiger partial charge on any atom is 0.306 e. The molecule has 0 saturated heterocycles. The molecule has 0 N–H and O–H groups in total. The van der Waals surface area contributed by atoms with Crippen molar-refractivity contribution in [2.45, 2.75) is 284 Å². The van der Waals surface area contributed by atoms with Crippen molar-refractivity contribution in [3.8, 4) is 0 Å². The molecule has 0 radical (unpaired) electrons. The van der Waals surface area contributed by atoms with Gasteiger partial charge in [0.05, 0.1) is 0 Å². The Labute approximate surface area is 487 Å². The van der Waals surface area contributed by atoms with E-state index in [0.717, 1.165) is 135 Å². The van der Waals surface area contributed by atoms with Gasteiger partial charge < -0.3 is 14.2 Å². The number of hydrogen-bond acceptors (Lipinski definition) is 6. The molecule has 0 fully saturated rings. The Morgan fingerprint density at radius 3 is 0.810 bits per heavy atom. The quantitative estimate of drug-likeness (QED) is 0.0261. The summed E-state index contributed by atoms with van der Waals surface area (Å²) in [6.45, 7) is 6.33. The van der Waals surface area contributed by atoms with Crippen LogP contribution in [-0.4, -0.2) is 37.2 Å². The number of hydrogen-bond donors (Lipinski definition) is 0. The van der Waals surface area contributed by atoms with Gasteiger partial charge in [-0.05, 0) is 135 Å². The third kappa shape index (κ3) is 64.0. The van der Waals surface area contributed by atoms with Crippen LogP contribution in [0.3, 0.4) is 0 Å². The first-order valence-corrected chi connectivity index (χ1v) is 32.3. The number of ether oxygens (including phenoxy) is 3. The van der Waals surface area contributed by atoms with Crippen molar-refractivity contribution in [2.24, 2.45) is 0 Å². The standard InChI is InChI=1S/C73H118O6/c1-4-7-10-13-16-19-22-24-26-28-30-32-33-34-35-36-37-38-39-41-42-44-46-48-51-54-57-60-63-66-72(75)78-69-70(68-77-71(74)65-62-59-56-53-50-21-18-15-12-9-6-3)79-73(76)67-64-61-58-55-52-49-47-45-43-40-31-29-27-25-23-20-17-14-11-8-5-2/h7-8,10-11,15-20,24-27,30-32,34-35,40,45,47,52,55,70H,4-6,9,12-14,21-23,28-29,33,36-39,41-44,46,48-51,53-54,56-69H2,1-3H3/b10-7-,11-8-,18-15-,19-16-,20-17-,26-24-,27-25-,32-30-,35-34-,40-31-,47-45-,55-52-. The van der Waals surface area contributed by atoms with Crippen LogP contribution in [0.25, 0.3) is 0 Å². The second-order valence-corrected chi connectivity index (χ2v) is 20.9. The smallest absolute Gasteiger partial charge is 0.306 e. The molecule has 0 spiro atoms. The molecule has 0 amide bonds. The summed E-state index contributed by atoms with van der Waals surface area (Å²) in [4.78, 5) is 38.3. The molecule has 6 nitrogen and oxygen atoms in total. The molecule has 0 saturated carbocycles. The van der Waals surface area contributed by atoms with Gasteiger partial charge in [-0.15, -0.1) is 0 Å². The molecule has 6 heteroatoms. The van der Waals surface area contributed by atoms with Crippen molar-refractivity contribution in [3.05, 3.63) is 146 Å². The van der Waals surface area contributed by atoms with Crippen LogP contribution in [0.4, 0.5) is 0 Å². The Kier molecular flexibility index (Phi) is 61.9. The van der Waals surface area contributed by atoms with Gasteiger partial charge in [0.25, 0.3) is 0 Å². The van der Waals surface area contributed by atoms with Crippen molar-refractivity contribution in [3.63, 3.8) is 0 Å². The lowest BCUT2D eigenvalue weighted by Gasteiger charge is -2.18. The Hall–Kier alpha value is -4.71. The minimum absolute atomic E-state index is 0.103. The number of carbonyl (C=O) groups is 3. The van der Waals surface area contributed by atoms with Crippen LogP contribution in [0.1, 0.15) is 278 Å². The van der Waals surface area contributed by atoms with Gasteiger partial charge in [0.15, 0.2) is 6.10 Å². The van der Waals surface area contributed by atoms with Gasteiger partial charge in [0, 0.05) is 19.3 Å². The lowest BCUT2D eigenvalue weighted by molar-refractivity contribution is -0.167. The van der Waals surface area contributed by atoms with E-state index in [1.807, 2.05) is 0 Å². The topological polar surface area (TPSA) is 78.9 Å². The molecule has 0 aromatic heterocycles. The van der Waals surface area contributed by atoms with Crippen LogP contribution in [0, 0.1) is 0 Å². The highest BCUT2D eigenvalue weighted by Crippen LogP contribution is 2.15. The third-order valence-electron chi connectivity index (χ3n) is 13.3. The summed E-state index contributed by atoms with van der Waals surface area (Å²) in [5, 5.41) is 0. The molecule has 0 aliphatic carbocycles. The zero-order chi connectivity index (χ0) is 57.1. The SMILES string of the molecule is CC/C=C\C/C=C\C/C=C\C/C=C\C/C=C\C/C=C\CCCCC(=O)OC(COC(=O)CCCCCCC/C=C\CCCC)COC(=O)CCCCCCCCCCCCCCC/C=C\C/C=C\C/C=C\C/C=C\C/C=C\CC. The average Bonchev–Trinajstić information content (AvgIpc) is 3.45. The number of allylic oxidation sites excluding steroid dienone is 24. The van der Waals surface area contributed by atoms with Gasteiger partial charge in [-0.25, -0.2) is 0 Å². The van der Waals surface area contributed by atoms with E-state index in [0.29, 0.717) is 19.3 Å². The Bertz CT molecular complexity index is 1730. The monoisotopic (exact) mass is 1090 g/mol. The van der Waals surface area contributed by atoms with Gasteiger partial charge in [0.1, 0.15) is 13.2 Å². The molecule has 0 aromatic rings. The van der Waals surface area contributed by atoms with E-state index < -0.39 is 6.10 Å². The van der Waals surface area contributed by atoms with Gasteiger partial charge >= 0.3 is 17.9 Å². The van der Waals surface area contributed by atoms with E-state index in [-0.39, 0.29) is 37.5 Å². The summed E-state index contributed by atoms with van der Waals surface area (Å²) in [6.07, 6.45) is 94.3. The number of carbonyl (C=O) groups excluding carboxylic acids is 3. The van der Waals surface area contributed by atoms with Gasteiger partial charge in [0.2, 0.25) is 0 Å². The minimum atomic E-state index is -0.811. The predicted molar refractivity (Wildman–Crippen MR) is 343 cm³/mol. The second-order valence-electron chi connectivity index (χ2n) is 20.9. The van der Waals surface area contributed by atoms with Crippen molar-refractivity contribution < 1.29 is 28.6 Å². The normalized spacial score (nSPS) is 13.1. The fraction of sp³-hybridized carbons (Fsp3) is 0.630. The molecule has 1 atom stereocenters. The maximum absolute atomic E-state index is 12.9. The minimum Gasteiger partial charge on any atom is -0.462 e. The van der Waals surface area contributed by atoms with Crippen molar-refractivity contribution in [1.82, 2.24) is 0 Å². The fourth-order valence-corrected chi connectivity index (χ4v) is 8.51. The first-order chi connectivity index (χ1) is 39.0. The molecular weight excluding hydrogens is 973 g/mol. The van der Waals surface area contributed by atoms with Crippen LogP contribution in [-0.2, 0) is 28.6 Å². The lowest BCUT2D eigenvalue weighted by Crippen LogP contribution is -2.30. The van der Waals surface area contributed by atoms with E-state index in [1.54, 1.807) is 0 Å². The molecule has 0 aliphatic heterocycles. The first-order valence-electron chi connectivity index (χ1n) is 32.3. The summed E-state index contributed by atoms with van der Waals surface area (Å²) >= 11 is 0. The van der Waals surface area contributed by atoms with Crippen LogP contribution in [0.5, 0.6) is 0 Å². The second kappa shape index (κ2) is 65.8. The maximum atomic E-state index is 12.9. The van der Waals surface area contributed by atoms with Gasteiger partial charge in [-0.2, -0.15) is 0 Å². The molecule has 446 valence electrons. The lowest BCUT2D eigenvalue weighted by atomic mass is 10.0. The molecular formula is C73H118O6. The number of unbranched alkanes of at least 4 members (excludes halogenated alkanes) is 22. The molecule has 1 unspecified atom stereocenters. The Balaban J connectivity index is 4.33. The van der Waals surface area contributed by atoms with Crippen LogP contribution >= 0.6 is 0 Å². The highest BCUT2D eigenvalue weighted by atomic mass is 16.6.